The average molecular weight is 260 g/mol. The van der Waals surface area contributed by atoms with Gasteiger partial charge in [-0.25, -0.2) is 0 Å². The van der Waals surface area contributed by atoms with Crippen molar-refractivity contribution in [1.82, 2.24) is 0 Å². The molecule has 0 aliphatic heterocycles. The molecule has 0 saturated carbocycles. The van der Waals surface area contributed by atoms with Gasteiger partial charge in [0.05, 0.1) is 12.5 Å². The minimum Gasteiger partial charge on any atom is -0.481 e. The van der Waals surface area contributed by atoms with Crippen LogP contribution in [0.2, 0.25) is 0 Å². The Morgan fingerprint density at radius 3 is 2.00 bits per heavy atom. The Hall–Kier alpha value is -1.10. The molecule has 0 rings (SSSR count). The van der Waals surface area contributed by atoms with Gasteiger partial charge in [0.25, 0.3) is 0 Å². The molecule has 0 radical (unpaired) electrons. The van der Waals surface area contributed by atoms with Gasteiger partial charge in [0.15, 0.2) is 0 Å². The first-order valence-electron chi connectivity index (χ1n) is 6.52. The van der Waals surface area contributed by atoms with Gasteiger partial charge in [0.1, 0.15) is 0 Å². The summed E-state index contributed by atoms with van der Waals surface area (Å²) in [5.41, 5.74) is 0. The molecule has 0 aliphatic rings. The van der Waals surface area contributed by atoms with Gasteiger partial charge in [0.2, 0.25) is 0 Å². The Morgan fingerprint density at radius 1 is 0.944 bits per heavy atom. The number of methoxy groups -OCH3 is 1. The van der Waals surface area contributed by atoms with E-state index in [2.05, 4.69) is 0 Å². The van der Waals surface area contributed by atoms with Crippen molar-refractivity contribution in [3.05, 3.63) is 0 Å². The molecule has 0 heterocycles. The molecule has 0 amide bonds. The lowest BCUT2D eigenvalue weighted by Gasteiger charge is -2.12. The Balaban J connectivity index is 3.33. The zero-order valence-corrected chi connectivity index (χ0v) is 11.1. The van der Waals surface area contributed by atoms with Gasteiger partial charge < -0.3 is 14.9 Å². The smallest absolute Gasteiger partial charge is 0.305 e. The zero-order valence-electron chi connectivity index (χ0n) is 11.1. The van der Waals surface area contributed by atoms with Crippen molar-refractivity contribution in [1.29, 1.82) is 0 Å². The van der Waals surface area contributed by atoms with Crippen LogP contribution in [0.15, 0.2) is 0 Å². The van der Waals surface area contributed by atoms with E-state index in [1.807, 2.05) is 0 Å². The largest absolute Gasteiger partial charge is 0.481 e. The van der Waals surface area contributed by atoms with E-state index in [0.29, 0.717) is 0 Å². The first kappa shape index (κ1) is 16.9. The average Bonchev–Trinajstić information content (AvgIpc) is 2.30. The number of carbonyl (C=O) groups is 2. The van der Waals surface area contributed by atoms with E-state index < -0.39 is 11.9 Å². The van der Waals surface area contributed by atoms with Crippen LogP contribution in [0.4, 0.5) is 0 Å². The van der Waals surface area contributed by atoms with E-state index in [4.69, 9.17) is 14.9 Å². The molecule has 0 saturated heterocycles. The number of carboxylic acid groups (broad SMARTS) is 2. The van der Waals surface area contributed by atoms with Crippen LogP contribution in [0.5, 0.6) is 0 Å². The standard InChI is InChI=1S/C13H24O5/c1-18-11(10-13(16)17)8-6-4-2-3-5-7-9-12(14)15/h11H,2-10H2,1H3,(H,14,15)(H,16,17). The van der Waals surface area contributed by atoms with Gasteiger partial charge in [-0.1, -0.05) is 32.1 Å². The SMILES string of the molecule is COC(CCCCCCCCC(=O)O)CC(=O)O. The Kier molecular flexibility index (Phi) is 10.3. The Bertz CT molecular complexity index is 240. The highest BCUT2D eigenvalue weighted by Crippen LogP contribution is 2.12. The van der Waals surface area contributed by atoms with Crippen molar-refractivity contribution < 1.29 is 24.5 Å². The second-order valence-electron chi connectivity index (χ2n) is 4.51. The molecule has 0 aromatic carbocycles. The molecule has 0 aromatic heterocycles. The highest BCUT2D eigenvalue weighted by Gasteiger charge is 2.11. The van der Waals surface area contributed by atoms with Gasteiger partial charge >= 0.3 is 11.9 Å². The number of unbranched alkanes of at least 4 members (excludes halogenated alkanes) is 5. The van der Waals surface area contributed by atoms with Crippen molar-refractivity contribution in [3.63, 3.8) is 0 Å². The van der Waals surface area contributed by atoms with Crippen LogP contribution < -0.4 is 0 Å². The van der Waals surface area contributed by atoms with Crippen LogP contribution in [0.25, 0.3) is 0 Å². The second-order valence-corrected chi connectivity index (χ2v) is 4.51. The molecular formula is C13H24O5. The fraction of sp³-hybridized carbons (Fsp3) is 0.846. The maximum atomic E-state index is 10.5. The second kappa shape index (κ2) is 11.0. The van der Waals surface area contributed by atoms with Crippen LogP contribution in [-0.4, -0.2) is 35.4 Å². The summed E-state index contributed by atoms with van der Waals surface area (Å²) in [4.78, 5) is 20.8. The van der Waals surface area contributed by atoms with Crippen LogP contribution in [0.3, 0.4) is 0 Å². The molecule has 0 fully saturated rings. The van der Waals surface area contributed by atoms with Crippen molar-refractivity contribution in [3.8, 4) is 0 Å². The summed E-state index contributed by atoms with van der Waals surface area (Å²) in [6.07, 6.45) is 6.74. The normalized spacial score (nSPS) is 12.3. The van der Waals surface area contributed by atoms with Crippen LogP contribution in [-0.2, 0) is 14.3 Å². The molecule has 0 spiro atoms. The predicted molar refractivity (Wildman–Crippen MR) is 67.6 cm³/mol. The molecule has 1 atom stereocenters. The molecule has 0 aliphatic carbocycles. The number of hydrogen-bond donors (Lipinski definition) is 2. The summed E-state index contributed by atoms with van der Waals surface area (Å²) in [6, 6.07) is 0. The van der Waals surface area contributed by atoms with Gasteiger partial charge in [-0.2, -0.15) is 0 Å². The molecule has 5 nitrogen and oxygen atoms in total. The summed E-state index contributed by atoms with van der Waals surface area (Å²) >= 11 is 0. The third kappa shape index (κ3) is 11.4. The van der Waals surface area contributed by atoms with Crippen molar-refractivity contribution >= 4 is 11.9 Å². The van der Waals surface area contributed by atoms with Gasteiger partial charge in [-0.05, 0) is 12.8 Å². The number of hydrogen-bond acceptors (Lipinski definition) is 3. The lowest BCUT2D eigenvalue weighted by Crippen LogP contribution is -2.15. The van der Waals surface area contributed by atoms with E-state index in [-0.39, 0.29) is 18.9 Å². The summed E-state index contributed by atoms with van der Waals surface area (Å²) in [7, 11) is 1.54. The highest BCUT2D eigenvalue weighted by atomic mass is 16.5. The minimum absolute atomic E-state index is 0.0646. The monoisotopic (exact) mass is 260 g/mol. The van der Waals surface area contributed by atoms with E-state index >= 15 is 0 Å². The van der Waals surface area contributed by atoms with E-state index in [1.54, 1.807) is 7.11 Å². The third-order valence-corrected chi connectivity index (χ3v) is 2.90. The van der Waals surface area contributed by atoms with Crippen LogP contribution in [0.1, 0.15) is 57.8 Å². The van der Waals surface area contributed by atoms with Crippen molar-refractivity contribution in [2.45, 2.75) is 63.9 Å². The van der Waals surface area contributed by atoms with E-state index in [1.165, 1.54) is 0 Å². The topological polar surface area (TPSA) is 83.8 Å². The Labute approximate surface area is 108 Å². The van der Waals surface area contributed by atoms with Gasteiger partial charge in [-0.15, -0.1) is 0 Å². The predicted octanol–water partition coefficient (Wildman–Crippen LogP) is 2.68. The quantitative estimate of drug-likeness (QED) is 0.527. The molecule has 5 heteroatoms. The summed E-state index contributed by atoms with van der Waals surface area (Å²) in [5.74, 6) is -1.55. The van der Waals surface area contributed by atoms with E-state index in [9.17, 15) is 9.59 Å². The molecular weight excluding hydrogens is 236 g/mol. The number of rotatable bonds is 12. The molecule has 0 aromatic rings. The number of carboxylic acids is 2. The fourth-order valence-corrected chi connectivity index (χ4v) is 1.85. The third-order valence-electron chi connectivity index (χ3n) is 2.90. The highest BCUT2D eigenvalue weighted by molar-refractivity contribution is 5.67. The molecule has 1 unspecified atom stereocenters. The minimum atomic E-state index is -0.824. The summed E-state index contributed by atoms with van der Waals surface area (Å²) in [6.45, 7) is 0. The zero-order chi connectivity index (χ0) is 13.8. The van der Waals surface area contributed by atoms with Crippen molar-refractivity contribution in [2.75, 3.05) is 7.11 Å². The summed E-state index contributed by atoms with van der Waals surface area (Å²) in [5, 5.41) is 17.1. The molecule has 18 heavy (non-hydrogen) atoms. The lowest BCUT2D eigenvalue weighted by atomic mass is 10.0. The van der Waals surface area contributed by atoms with Gasteiger partial charge in [-0.3, -0.25) is 9.59 Å². The Morgan fingerprint density at radius 2 is 1.50 bits per heavy atom. The first-order chi connectivity index (χ1) is 8.56. The fourth-order valence-electron chi connectivity index (χ4n) is 1.85. The lowest BCUT2D eigenvalue weighted by molar-refractivity contribution is -0.140. The molecule has 0 bridgehead atoms. The first-order valence-corrected chi connectivity index (χ1v) is 6.52. The number of aliphatic carboxylic acids is 2. The van der Waals surface area contributed by atoms with Crippen LogP contribution in [0, 0.1) is 0 Å². The molecule has 106 valence electrons. The van der Waals surface area contributed by atoms with Crippen LogP contribution >= 0.6 is 0 Å². The molecule has 2 N–H and O–H groups in total. The number of ether oxygens (including phenoxy) is 1. The maximum absolute atomic E-state index is 10.5. The van der Waals surface area contributed by atoms with E-state index in [0.717, 1.165) is 44.9 Å². The van der Waals surface area contributed by atoms with Gasteiger partial charge in [0, 0.05) is 13.5 Å². The maximum Gasteiger partial charge on any atom is 0.305 e. The van der Waals surface area contributed by atoms with Crippen molar-refractivity contribution in [2.24, 2.45) is 0 Å². The summed E-state index contributed by atoms with van der Waals surface area (Å²) < 4.78 is 5.09.